The van der Waals surface area contributed by atoms with Crippen LogP contribution in [0.4, 0.5) is 8.78 Å². The lowest BCUT2D eigenvalue weighted by Crippen LogP contribution is -2.18. The van der Waals surface area contributed by atoms with E-state index in [2.05, 4.69) is 0 Å². The minimum atomic E-state index is -2.59. The van der Waals surface area contributed by atoms with Crippen LogP contribution < -0.4 is 0 Å². The van der Waals surface area contributed by atoms with Crippen molar-refractivity contribution in [3.8, 4) is 0 Å². The Morgan fingerprint density at radius 2 is 1.83 bits per heavy atom. The van der Waals surface area contributed by atoms with Crippen molar-refractivity contribution in [1.82, 2.24) is 0 Å². The van der Waals surface area contributed by atoms with Crippen molar-refractivity contribution in [2.45, 2.75) is 39.5 Å². The Hall–Kier alpha value is -0.180. The van der Waals surface area contributed by atoms with E-state index in [0.29, 0.717) is 6.42 Å². The Morgan fingerprint density at radius 3 is 2.08 bits per heavy atom. The molecule has 1 N–H and O–H groups in total. The minimum absolute atomic E-state index is 0.00769. The molecule has 0 rings (SSSR count). The summed E-state index contributed by atoms with van der Waals surface area (Å²) < 4.78 is 24.8. The van der Waals surface area contributed by atoms with Gasteiger partial charge in [0.05, 0.1) is 0 Å². The van der Waals surface area contributed by atoms with Gasteiger partial charge in [0.15, 0.2) is 0 Å². The monoisotopic (exact) mass is 180 g/mol. The molecule has 0 radical (unpaired) electrons. The Morgan fingerprint density at radius 1 is 1.33 bits per heavy atom. The standard InChI is InChI=1S/C9H18F2O/c1-7(2)8(6-12)4-5-9(3,10)11/h7-8,12H,4-6H2,1-3H3/t8-/m1/s1. The van der Waals surface area contributed by atoms with Crippen LogP contribution in [0.5, 0.6) is 0 Å². The molecule has 0 spiro atoms. The Labute approximate surface area is 72.8 Å². The number of hydrogen-bond donors (Lipinski definition) is 1. The van der Waals surface area contributed by atoms with E-state index in [1.165, 1.54) is 0 Å². The molecule has 0 saturated heterocycles. The minimum Gasteiger partial charge on any atom is -0.396 e. The fourth-order valence-corrected chi connectivity index (χ4v) is 1.07. The van der Waals surface area contributed by atoms with E-state index in [1.54, 1.807) is 0 Å². The molecule has 0 aliphatic rings. The lowest BCUT2D eigenvalue weighted by molar-refractivity contribution is 0.00147. The highest BCUT2D eigenvalue weighted by Crippen LogP contribution is 2.25. The van der Waals surface area contributed by atoms with E-state index in [1.807, 2.05) is 13.8 Å². The van der Waals surface area contributed by atoms with Gasteiger partial charge in [-0.3, -0.25) is 0 Å². The number of hydrogen-bond acceptors (Lipinski definition) is 1. The second-order valence-electron chi connectivity index (χ2n) is 3.80. The summed E-state index contributed by atoms with van der Waals surface area (Å²) in [6.07, 6.45) is 0.272. The Bertz CT molecular complexity index is 118. The molecule has 0 bridgehead atoms. The first-order chi connectivity index (χ1) is 5.37. The molecule has 0 saturated carbocycles. The first-order valence-corrected chi connectivity index (χ1v) is 4.35. The fourth-order valence-electron chi connectivity index (χ4n) is 1.07. The van der Waals surface area contributed by atoms with Crippen molar-refractivity contribution in [3.05, 3.63) is 0 Å². The molecule has 0 unspecified atom stereocenters. The van der Waals surface area contributed by atoms with Crippen molar-refractivity contribution in [2.24, 2.45) is 11.8 Å². The number of aliphatic hydroxyl groups excluding tert-OH is 1. The molecule has 0 aliphatic carbocycles. The highest BCUT2D eigenvalue weighted by Gasteiger charge is 2.23. The quantitative estimate of drug-likeness (QED) is 0.689. The molecule has 0 aliphatic heterocycles. The van der Waals surface area contributed by atoms with Gasteiger partial charge >= 0.3 is 0 Å². The summed E-state index contributed by atoms with van der Waals surface area (Å²) in [4.78, 5) is 0. The first kappa shape index (κ1) is 11.8. The maximum absolute atomic E-state index is 12.4. The van der Waals surface area contributed by atoms with Gasteiger partial charge in [-0.2, -0.15) is 0 Å². The average Bonchev–Trinajstić information content (AvgIpc) is 1.85. The lowest BCUT2D eigenvalue weighted by atomic mass is 9.91. The Balaban J connectivity index is 3.73. The van der Waals surface area contributed by atoms with Crippen molar-refractivity contribution < 1.29 is 13.9 Å². The molecule has 1 nitrogen and oxygen atoms in total. The summed E-state index contributed by atoms with van der Waals surface area (Å²) in [6.45, 7) is 4.80. The van der Waals surface area contributed by atoms with Gasteiger partial charge in [0.1, 0.15) is 0 Å². The predicted octanol–water partition coefficient (Wildman–Crippen LogP) is 2.69. The van der Waals surface area contributed by atoms with Gasteiger partial charge in [-0.15, -0.1) is 0 Å². The van der Waals surface area contributed by atoms with E-state index < -0.39 is 5.92 Å². The zero-order valence-electron chi connectivity index (χ0n) is 7.98. The third kappa shape index (κ3) is 5.47. The summed E-state index contributed by atoms with van der Waals surface area (Å²) >= 11 is 0. The summed E-state index contributed by atoms with van der Waals surface area (Å²) in [5, 5.41) is 8.85. The fraction of sp³-hybridized carbons (Fsp3) is 1.00. The maximum atomic E-state index is 12.4. The van der Waals surface area contributed by atoms with Gasteiger partial charge in [0.2, 0.25) is 5.92 Å². The summed E-state index contributed by atoms with van der Waals surface area (Å²) in [5.41, 5.74) is 0. The second-order valence-corrected chi connectivity index (χ2v) is 3.80. The van der Waals surface area contributed by atoms with Crippen LogP contribution >= 0.6 is 0 Å². The summed E-state index contributed by atoms with van der Waals surface area (Å²) in [7, 11) is 0. The molecule has 0 aromatic heterocycles. The molecule has 74 valence electrons. The molecule has 0 aromatic carbocycles. The predicted molar refractivity (Wildman–Crippen MR) is 45.3 cm³/mol. The topological polar surface area (TPSA) is 20.2 Å². The smallest absolute Gasteiger partial charge is 0.245 e. The molecule has 0 aromatic rings. The first-order valence-electron chi connectivity index (χ1n) is 4.35. The van der Waals surface area contributed by atoms with E-state index >= 15 is 0 Å². The van der Waals surface area contributed by atoms with Crippen LogP contribution in [0, 0.1) is 11.8 Å². The zero-order valence-corrected chi connectivity index (χ0v) is 7.98. The third-order valence-corrected chi connectivity index (χ3v) is 2.13. The highest BCUT2D eigenvalue weighted by atomic mass is 19.3. The molecular formula is C9H18F2O. The van der Waals surface area contributed by atoms with Crippen LogP contribution in [0.3, 0.4) is 0 Å². The van der Waals surface area contributed by atoms with Crippen LogP contribution in [0.15, 0.2) is 0 Å². The summed E-state index contributed by atoms with van der Waals surface area (Å²) in [5.74, 6) is -2.31. The van der Waals surface area contributed by atoms with Crippen molar-refractivity contribution in [2.75, 3.05) is 6.61 Å². The van der Waals surface area contributed by atoms with Crippen LogP contribution in [-0.4, -0.2) is 17.6 Å². The number of rotatable bonds is 5. The molecule has 1 atom stereocenters. The van der Waals surface area contributed by atoms with Crippen LogP contribution in [0.2, 0.25) is 0 Å². The average molecular weight is 180 g/mol. The van der Waals surface area contributed by atoms with Gasteiger partial charge in [0.25, 0.3) is 0 Å². The Kier molecular flexibility index (Phi) is 4.68. The SMILES string of the molecule is CC(C)[C@@H](CO)CCC(C)(F)F. The van der Waals surface area contributed by atoms with Crippen LogP contribution in [-0.2, 0) is 0 Å². The number of alkyl halides is 2. The normalized spacial score (nSPS) is 15.2. The van der Waals surface area contributed by atoms with Crippen LogP contribution in [0.25, 0.3) is 0 Å². The second kappa shape index (κ2) is 4.75. The van der Waals surface area contributed by atoms with Gasteiger partial charge in [-0.05, 0) is 25.2 Å². The number of halogens is 2. The number of aliphatic hydroxyl groups is 1. The van der Waals surface area contributed by atoms with E-state index in [0.717, 1.165) is 6.92 Å². The molecule has 12 heavy (non-hydrogen) atoms. The van der Waals surface area contributed by atoms with E-state index in [-0.39, 0.29) is 24.9 Å². The summed E-state index contributed by atoms with van der Waals surface area (Å²) in [6, 6.07) is 0. The van der Waals surface area contributed by atoms with Gasteiger partial charge in [0, 0.05) is 13.0 Å². The third-order valence-electron chi connectivity index (χ3n) is 2.13. The van der Waals surface area contributed by atoms with E-state index in [9.17, 15) is 8.78 Å². The lowest BCUT2D eigenvalue weighted by Gasteiger charge is -2.19. The molecule has 0 fully saturated rings. The molecule has 0 heterocycles. The largest absolute Gasteiger partial charge is 0.396 e. The van der Waals surface area contributed by atoms with Gasteiger partial charge in [-0.25, -0.2) is 8.78 Å². The van der Waals surface area contributed by atoms with Crippen molar-refractivity contribution >= 4 is 0 Å². The molecule has 3 heteroatoms. The molecule has 0 amide bonds. The van der Waals surface area contributed by atoms with Crippen LogP contribution in [0.1, 0.15) is 33.6 Å². The maximum Gasteiger partial charge on any atom is 0.245 e. The van der Waals surface area contributed by atoms with Crippen molar-refractivity contribution in [1.29, 1.82) is 0 Å². The van der Waals surface area contributed by atoms with Crippen molar-refractivity contribution in [3.63, 3.8) is 0 Å². The zero-order chi connectivity index (χ0) is 9.78. The van der Waals surface area contributed by atoms with Gasteiger partial charge in [-0.1, -0.05) is 13.8 Å². The molecular weight excluding hydrogens is 162 g/mol. The van der Waals surface area contributed by atoms with E-state index in [4.69, 9.17) is 5.11 Å². The highest BCUT2D eigenvalue weighted by molar-refractivity contribution is 4.66. The van der Waals surface area contributed by atoms with Gasteiger partial charge < -0.3 is 5.11 Å².